The van der Waals surface area contributed by atoms with E-state index < -0.39 is 5.60 Å². The van der Waals surface area contributed by atoms with Crippen molar-refractivity contribution in [1.29, 1.82) is 0 Å². The highest BCUT2D eigenvalue weighted by molar-refractivity contribution is 5.96. The standard InChI is InChI=1S/C26H35N5O2/c1-18(2)31-17-22(21-7-10-27-16-23(21)31)20-6-11-28-24(14-20)29-15-19-8-12-30(13-9-19)25(32)33-26(3,4)5/h6-7,10-11,14,16-19H,8-9,12-13,15H2,1-5H3,(H,28,29). The molecule has 0 saturated carbocycles. The maximum absolute atomic E-state index is 12.3. The first-order chi connectivity index (χ1) is 15.7. The third kappa shape index (κ3) is 5.46. The first-order valence-corrected chi connectivity index (χ1v) is 11.8. The van der Waals surface area contributed by atoms with E-state index in [0.717, 1.165) is 49.4 Å². The Morgan fingerprint density at radius 3 is 2.67 bits per heavy atom. The molecule has 1 saturated heterocycles. The van der Waals surface area contributed by atoms with Crippen LogP contribution in [0.5, 0.6) is 0 Å². The van der Waals surface area contributed by atoms with Gasteiger partial charge in [0.2, 0.25) is 0 Å². The Bertz CT molecular complexity index is 1110. The van der Waals surface area contributed by atoms with E-state index in [9.17, 15) is 4.79 Å². The summed E-state index contributed by atoms with van der Waals surface area (Å²) in [5.74, 6) is 1.38. The molecule has 7 nitrogen and oxygen atoms in total. The van der Waals surface area contributed by atoms with Crippen molar-refractivity contribution in [2.24, 2.45) is 5.92 Å². The van der Waals surface area contributed by atoms with Gasteiger partial charge in [0.15, 0.2) is 0 Å². The van der Waals surface area contributed by atoms with Crippen LogP contribution in [0.15, 0.2) is 43.0 Å². The van der Waals surface area contributed by atoms with E-state index in [1.807, 2.05) is 44.3 Å². The second-order valence-electron chi connectivity index (χ2n) is 10.2. The van der Waals surface area contributed by atoms with Crippen molar-refractivity contribution < 1.29 is 9.53 Å². The van der Waals surface area contributed by atoms with E-state index in [1.165, 1.54) is 10.9 Å². The molecule has 0 radical (unpaired) electrons. The number of rotatable bonds is 5. The molecule has 176 valence electrons. The number of pyridine rings is 2. The van der Waals surface area contributed by atoms with Gasteiger partial charge in [0, 0.05) is 55.2 Å². The van der Waals surface area contributed by atoms with E-state index >= 15 is 0 Å². The number of amides is 1. The molecule has 1 aliphatic rings. The second-order valence-corrected chi connectivity index (χ2v) is 10.2. The highest BCUT2D eigenvalue weighted by Crippen LogP contribution is 2.33. The molecule has 1 fully saturated rings. The van der Waals surface area contributed by atoms with Crippen molar-refractivity contribution in [1.82, 2.24) is 19.4 Å². The number of anilines is 1. The molecule has 3 aromatic rings. The van der Waals surface area contributed by atoms with Crippen LogP contribution in [0.4, 0.5) is 10.6 Å². The Morgan fingerprint density at radius 2 is 1.97 bits per heavy atom. The van der Waals surface area contributed by atoms with Gasteiger partial charge in [-0.25, -0.2) is 9.78 Å². The molecule has 0 bridgehead atoms. The zero-order valence-corrected chi connectivity index (χ0v) is 20.3. The van der Waals surface area contributed by atoms with Gasteiger partial charge in [-0.15, -0.1) is 0 Å². The van der Waals surface area contributed by atoms with Gasteiger partial charge in [-0.05, 0) is 77.1 Å². The Hall–Kier alpha value is -3.09. The minimum atomic E-state index is -0.454. The maximum Gasteiger partial charge on any atom is 0.410 e. The third-order valence-electron chi connectivity index (χ3n) is 6.10. The van der Waals surface area contributed by atoms with Crippen LogP contribution in [0.2, 0.25) is 0 Å². The monoisotopic (exact) mass is 449 g/mol. The molecule has 33 heavy (non-hydrogen) atoms. The number of aromatic nitrogens is 3. The average Bonchev–Trinajstić information content (AvgIpc) is 3.17. The molecule has 3 aromatic heterocycles. The topological polar surface area (TPSA) is 72.3 Å². The van der Waals surface area contributed by atoms with Crippen molar-refractivity contribution in [3.05, 3.63) is 43.0 Å². The second kappa shape index (κ2) is 9.41. The molecular formula is C26H35N5O2. The zero-order chi connectivity index (χ0) is 23.6. The molecule has 1 aliphatic heterocycles. The van der Waals surface area contributed by atoms with Crippen molar-refractivity contribution in [2.75, 3.05) is 25.0 Å². The summed E-state index contributed by atoms with van der Waals surface area (Å²) >= 11 is 0. The number of carbonyl (C=O) groups excluding carboxylic acids is 1. The number of hydrogen-bond acceptors (Lipinski definition) is 5. The fraction of sp³-hybridized carbons (Fsp3) is 0.500. The maximum atomic E-state index is 12.3. The van der Waals surface area contributed by atoms with Crippen LogP contribution in [-0.2, 0) is 4.74 Å². The Kier molecular flexibility index (Phi) is 6.58. The Balaban J connectivity index is 1.39. The van der Waals surface area contributed by atoms with Gasteiger partial charge in [0.1, 0.15) is 11.4 Å². The van der Waals surface area contributed by atoms with Crippen LogP contribution in [0, 0.1) is 5.92 Å². The predicted molar refractivity (Wildman–Crippen MR) is 132 cm³/mol. The zero-order valence-electron chi connectivity index (χ0n) is 20.3. The lowest BCUT2D eigenvalue weighted by atomic mass is 9.97. The van der Waals surface area contributed by atoms with Crippen LogP contribution < -0.4 is 5.32 Å². The lowest BCUT2D eigenvalue weighted by Crippen LogP contribution is -2.42. The molecule has 1 N–H and O–H groups in total. The first kappa shape index (κ1) is 23.1. The molecule has 0 atom stereocenters. The number of ether oxygens (including phenoxy) is 1. The normalized spacial score (nSPS) is 15.3. The van der Waals surface area contributed by atoms with Crippen LogP contribution in [0.3, 0.4) is 0 Å². The van der Waals surface area contributed by atoms with Crippen LogP contribution in [-0.4, -0.2) is 50.8 Å². The van der Waals surface area contributed by atoms with Crippen molar-refractivity contribution >= 4 is 22.8 Å². The van der Waals surface area contributed by atoms with Gasteiger partial charge in [-0.2, -0.15) is 0 Å². The van der Waals surface area contributed by atoms with Crippen LogP contribution in [0.25, 0.3) is 22.0 Å². The minimum absolute atomic E-state index is 0.209. The van der Waals surface area contributed by atoms with Gasteiger partial charge in [-0.1, -0.05) is 0 Å². The summed E-state index contributed by atoms with van der Waals surface area (Å²) in [6.45, 7) is 12.4. The lowest BCUT2D eigenvalue weighted by Gasteiger charge is -2.33. The highest BCUT2D eigenvalue weighted by atomic mass is 16.6. The summed E-state index contributed by atoms with van der Waals surface area (Å²) < 4.78 is 7.77. The Morgan fingerprint density at radius 1 is 1.21 bits per heavy atom. The van der Waals surface area contributed by atoms with Gasteiger partial charge >= 0.3 is 6.09 Å². The van der Waals surface area contributed by atoms with Crippen molar-refractivity contribution in [3.8, 4) is 11.1 Å². The molecule has 0 aromatic carbocycles. The third-order valence-corrected chi connectivity index (χ3v) is 6.10. The number of hydrogen-bond donors (Lipinski definition) is 1. The van der Waals surface area contributed by atoms with E-state index in [0.29, 0.717) is 12.0 Å². The first-order valence-electron chi connectivity index (χ1n) is 11.8. The molecule has 0 aliphatic carbocycles. The molecular weight excluding hydrogens is 414 g/mol. The van der Waals surface area contributed by atoms with Crippen molar-refractivity contribution in [2.45, 2.75) is 59.1 Å². The number of carbonyl (C=O) groups is 1. The number of nitrogens with one attached hydrogen (secondary N) is 1. The largest absolute Gasteiger partial charge is 0.444 e. The van der Waals surface area contributed by atoms with Gasteiger partial charge in [0.25, 0.3) is 0 Å². The molecule has 0 unspecified atom stereocenters. The molecule has 4 heterocycles. The average molecular weight is 450 g/mol. The van der Waals surface area contributed by atoms with Crippen molar-refractivity contribution in [3.63, 3.8) is 0 Å². The Labute approximate surface area is 196 Å². The summed E-state index contributed by atoms with van der Waals surface area (Å²) in [5.41, 5.74) is 3.02. The molecule has 0 spiro atoms. The van der Waals surface area contributed by atoms with E-state index in [2.05, 4.69) is 58.1 Å². The van der Waals surface area contributed by atoms with Crippen LogP contribution in [0.1, 0.15) is 53.5 Å². The fourth-order valence-electron chi connectivity index (χ4n) is 4.34. The molecule has 4 rings (SSSR count). The number of fused-ring (bicyclic) bond motifs is 1. The molecule has 7 heteroatoms. The summed E-state index contributed by atoms with van der Waals surface area (Å²) in [7, 11) is 0. The van der Waals surface area contributed by atoms with E-state index in [-0.39, 0.29) is 6.09 Å². The van der Waals surface area contributed by atoms with Crippen LogP contribution >= 0.6 is 0 Å². The van der Waals surface area contributed by atoms with Gasteiger partial charge < -0.3 is 19.5 Å². The highest BCUT2D eigenvalue weighted by Gasteiger charge is 2.26. The quantitative estimate of drug-likeness (QED) is 0.538. The van der Waals surface area contributed by atoms with E-state index in [1.54, 1.807) is 0 Å². The van der Waals surface area contributed by atoms with Gasteiger partial charge in [0.05, 0.1) is 11.7 Å². The summed E-state index contributed by atoms with van der Waals surface area (Å²) in [4.78, 5) is 23.0. The fourth-order valence-corrected chi connectivity index (χ4v) is 4.34. The number of likely N-dealkylation sites (tertiary alicyclic amines) is 1. The van der Waals surface area contributed by atoms with Gasteiger partial charge in [-0.3, -0.25) is 4.98 Å². The summed E-state index contributed by atoms with van der Waals surface area (Å²) in [5, 5.41) is 4.72. The smallest absolute Gasteiger partial charge is 0.410 e. The lowest BCUT2D eigenvalue weighted by molar-refractivity contribution is 0.0188. The molecule has 1 amide bonds. The summed E-state index contributed by atoms with van der Waals surface area (Å²) in [6, 6.07) is 6.62. The van der Waals surface area contributed by atoms with E-state index in [4.69, 9.17) is 4.74 Å². The SMILES string of the molecule is CC(C)n1cc(-c2ccnc(NCC3CCN(C(=O)OC(C)(C)C)CC3)c2)c2ccncc21. The number of nitrogens with zero attached hydrogens (tertiary/aromatic N) is 4. The summed E-state index contributed by atoms with van der Waals surface area (Å²) in [6.07, 6.45) is 9.56. The predicted octanol–water partition coefficient (Wildman–Crippen LogP) is 5.74. The number of piperidine rings is 1. The minimum Gasteiger partial charge on any atom is -0.444 e.